The second kappa shape index (κ2) is 7.85. The first-order chi connectivity index (χ1) is 12.7. The summed E-state index contributed by atoms with van der Waals surface area (Å²) in [6.07, 6.45) is 0.827. The Morgan fingerprint density at radius 1 is 1.30 bits per heavy atom. The molecule has 1 unspecified atom stereocenters. The van der Waals surface area contributed by atoms with Gasteiger partial charge in [0.25, 0.3) is 0 Å². The van der Waals surface area contributed by atoms with E-state index in [0.717, 1.165) is 27.1 Å². The van der Waals surface area contributed by atoms with Crippen molar-refractivity contribution >= 4 is 46.7 Å². The predicted octanol–water partition coefficient (Wildman–Crippen LogP) is 3.88. The average Bonchev–Trinajstić information content (AvgIpc) is 2.89. The summed E-state index contributed by atoms with van der Waals surface area (Å²) in [6, 6.07) is 6.91. The average molecular weight is 452 g/mol. The standard InChI is InChI=1S/C19H26BrN3O3Si/c1-22-16-11-13(20)5-6-14(16)18(21-22)15-7-8-17(24)23(19(15)25)12-26-9-10-27(2,3)4/h5-6,11,15H,7-10,12H2,1-4H3. The number of ether oxygens (including phenoxy) is 1. The van der Waals surface area contributed by atoms with Gasteiger partial charge in [0.05, 0.1) is 17.1 Å². The van der Waals surface area contributed by atoms with E-state index in [1.165, 1.54) is 4.90 Å². The number of hydrogen-bond acceptors (Lipinski definition) is 4. The first-order valence-corrected chi connectivity index (χ1v) is 13.7. The highest BCUT2D eigenvalue weighted by atomic mass is 79.9. The molecule has 2 amide bonds. The van der Waals surface area contributed by atoms with Gasteiger partial charge in [-0.3, -0.25) is 19.2 Å². The fourth-order valence-corrected chi connectivity index (χ4v) is 4.38. The van der Waals surface area contributed by atoms with Crippen LogP contribution in [0.25, 0.3) is 10.9 Å². The van der Waals surface area contributed by atoms with Crippen LogP contribution in [-0.4, -0.2) is 47.9 Å². The van der Waals surface area contributed by atoms with E-state index in [0.29, 0.717) is 19.4 Å². The van der Waals surface area contributed by atoms with Gasteiger partial charge in [-0.2, -0.15) is 5.10 Å². The predicted molar refractivity (Wildman–Crippen MR) is 111 cm³/mol. The number of fused-ring (bicyclic) bond motifs is 1. The van der Waals surface area contributed by atoms with Crippen LogP contribution in [0.1, 0.15) is 24.5 Å². The van der Waals surface area contributed by atoms with Crippen LogP contribution in [0.5, 0.6) is 0 Å². The number of imide groups is 1. The fourth-order valence-electron chi connectivity index (χ4n) is 3.28. The summed E-state index contributed by atoms with van der Waals surface area (Å²) >= 11 is 3.48. The van der Waals surface area contributed by atoms with Gasteiger partial charge in [0.15, 0.2) is 0 Å². The zero-order valence-corrected chi connectivity index (χ0v) is 18.9. The lowest BCUT2D eigenvalue weighted by Crippen LogP contribution is -2.45. The molecule has 0 spiro atoms. The molecule has 0 saturated carbocycles. The minimum atomic E-state index is -1.21. The molecule has 1 aromatic heterocycles. The van der Waals surface area contributed by atoms with E-state index in [9.17, 15) is 9.59 Å². The molecule has 27 heavy (non-hydrogen) atoms. The molecule has 0 radical (unpaired) electrons. The molecule has 8 heteroatoms. The van der Waals surface area contributed by atoms with Crippen molar-refractivity contribution in [3.63, 3.8) is 0 Å². The molecule has 146 valence electrons. The maximum atomic E-state index is 13.0. The van der Waals surface area contributed by atoms with Crippen molar-refractivity contribution in [1.29, 1.82) is 0 Å². The Labute approximate surface area is 169 Å². The largest absolute Gasteiger partial charge is 0.361 e. The second-order valence-electron chi connectivity index (χ2n) is 8.27. The number of benzene rings is 1. The lowest BCUT2D eigenvalue weighted by molar-refractivity contribution is -0.155. The maximum Gasteiger partial charge on any atom is 0.240 e. The number of amides is 2. The molecule has 1 atom stereocenters. The third-order valence-corrected chi connectivity index (χ3v) is 7.10. The summed E-state index contributed by atoms with van der Waals surface area (Å²) < 4.78 is 8.42. The Hall–Kier alpha value is -1.51. The molecule has 0 bridgehead atoms. The molecule has 0 aliphatic carbocycles. The monoisotopic (exact) mass is 451 g/mol. The fraction of sp³-hybridized carbons (Fsp3) is 0.526. The topological polar surface area (TPSA) is 64.4 Å². The van der Waals surface area contributed by atoms with Gasteiger partial charge < -0.3 is 4.74 Å². The molecule has 1 saturated heterocycles. The SMILES string of the molecule is Cn1nc(C2CCC(=O)N(COCC[Si](C)(C)C)C2=O)c2ccc(Br)cc21. The van der Waals surface area contributed by atoms with Gasteiger partial charge >= 0.3 is 0 Å². The van der Waals surface area contributed by atoms with E-state index >= 15 is 0 Å². The second-order valence-corrected chi connectivity index (χ2v) is 14.8. The quantitative estimate of drug-likeness (QED) is 0.379. The Morgan fingerprint density at radius 3 is 2.74 bits per heavy atom. The molecular formula is C19H26BrN3O3Si. The number of likely N-dealkylation sites (tertiary alicyclic amines) is 1. The van der Waals surface area contributed by atoms with Crippen molar-refractivity contribution in [2.45, 2.75) is 44.4 Å². The number of nitrogens with zero attached hydrogens (tertiary/aromatic N) is 3. The Bertz CT molecular complexity index is 875. The Morgan fingerprint density at radius 2 is 2.04 bits per heavy atom. The summed E-state index contributed by atoms with van der Waals surface area (Å²) in [7, 11) is 0.663. The molecule has 3 rings (SSSR count). The molecule has 0 N–H and O–H groups in total. The highest BCUT2D eigenvalue weighted by Crippen LogP contribution is 2.33. The van der Waals surface area contributed by atoms with Crippen LogP contribution in [0.2, 0.25) is 25.7 Å². The Balaban J connectivity index is 1.78. The zero-order valence-electron chi connectivity index (χ0n) is 16.3. The van der Waals surface area contributed by atoms with Crippen molar-refractivity contribution < 1.29 is 14.3 Å². The number of aromatic nitrogens is 2. The van der Waals surface area contributed by atoms with Gasteiger partial charge in [-0.05, 0) is 30.7 Å². The van der Waals surface area contributed by atoms with Gasteiger partial charge in [0, 0.05) is 38.0 Å². The highest BCUT2D eigenvalue weighted by Gasteiger charge is 2.37. The van der Waals surface area contributed by atoms with Gasteiger partial charge in [-0.15, -0.1) is 0 Å². The first-order valence-electron chi connectivity index (χ1n) is 9.21. The zero-order chi connectivity index (χ0) is 19.8. The van der Waals surface area contributed by atoms with Gasteiger partial charge in [-0.1, -0.05) is 35.6 Å². The minimum absolute atomic E-state index is 0.0367. The van der Waals surface area contributed by atoms with Gasteiger partial charge in [0.1, 0.15) is 6.73 Å². The number of carbonyl (C=O) groups excluding carboxylic acids is 2. The van der Waals surface area contributed by atoms with Gasteiger partial charge in [-0.25, -0.2) is 0 Å². The lowest BCUT2D eigenvalue weighted by Gasteiger charge is -2.30. The normalized spacial score (nSPS) is 18.6. The molecule has 2 heterocycles. The van der Waals surface area contributed by atoms with Crippen LogP contribution < -0.4 is 0 Å². The van der Waals surface area contributed by atoms with E-state index in [4.69, 9.17) is 4.74 Å². The highest BCUT2D eigenvalue weighted by molar-refractivity contribution is 9.10. The molecule has 1 aromatic carbocycles. The van der Waals surface area contributed by atoms with E-state index < -0.39 is 14.0 Å². The molecule has 1 aliphatic heterocycles. The third-order valence-electron chi connectivity index (χ3n) is 4.90. The summed E-state index contributed by atoms with van der Waals surface area (Å²) in [5, 5.41) is 5.55. The van der Waals surface area contributed by atoms with E-state index in [-0.39, 0.29) is 18.5 Å². The van der Waals surface area contributed by atoms with Crippen molar-refractivity contribution in [3.8, 4) is 0 Å². The Kier molecular flexibility index (Phi) is 5.88. The summed E-state index contributed by atoms with van der Waals surface area (Å²) in [4.78, 5) is 26.6. The molecular weight excluding hydrogens is 426 g/mol. The van der Waals surface area contributed by atoms with Crippen molar-refractivity contribution in [1.82, 2.24) is 14.7 Å². The van der Waals surface area contributed by atoms with Crippen LogP contribution in [0.4, 0.5) is 0 Å². The lowest BCUT2D eigenvalue weighted by atomic mass is 9.92. The molecule has 1 aliphatic rings. The van der Waals surface area contributed by atoms with Crippen LogP contribution in [0.3, 0.4) is 0 Å². The minimum Gasteiger partial charge on any atom is -0.361 e. The van der Waals surface area contributed by atoms with E-state index in [1.54, 1.807) is 4.68 Å². The van der Waals surface area contributed by atoms with Crippen molar-refractivity contribution in [2.75, 3.05) is 13.3 Å². The number of hydrogen-bond donors (Lipinski definition) is 0. The van der Waals surface area contributed by atoms with Gasteiger partial charge in [0.2, 0.25) is 11.8 Å². The van der Waals surface area contributed by atoms with Crippen molar-refractivity contribution in [3.05, 3.63) is 28.4 Å². The molecule has 1 fully saturated rings. The van der Waals surface area contributed by atoms with E-state index in [1.807, 2.05) is 25.2 Å². The van der Waals surface area contributed by atoms with Crippen LogP contribution in [0, 0.1) is 0 Å². The molecule has 6 nitrogen and oxygen atoms in total. The number of carbonyl (C=O) groups is 2. The third kappa shape index (κ3) is 4.49. The summed E-state index contributed by atoms with van der Waals surface area (Å²) in [6.45, 7) is 7.43. The maximum absolute atomic E-state index is 13.0. The smallest absolute Gasteiger partial charge is 0.240 e. The van der Waals surface area contributed by atoms with Crippen LogP contribution in [-0.2, 0) is 21.4 Å². The summed E-state index contributed by atoms with van der Waals surface area (Å²) in [5.74, 6) is -0.775. The number of halogens is 1. The van der Waals surface area contributed by atoms with Crippen LogP contribution in [0.15, 0.2) is 22.7 Å². The van der Waals surface area contributed by atoms with Crippen molar-refractivity contribution in [2.24, 2.45) is 7.05 Å². The number of rotatable bonds is 6. The van der Waals surface area contributed by atoms with Crippen LogP contribution >= 0.6 is 15.9 Å². The first kappa shape index (κ1) is 20.2. The van der Waals surface area contributed by atoms with E-state index in [2.05, 4.69) is 40.7 Å². The molecule has 2 aromatic rings. The number of piperidine rings is 1. The number of aryl methyl sites for hydroxylation is 1. The summed E-state index contributed by atoms with van der Waals surface area (Å²) in [5.41, 5.74) is 1.70.